The van der Waals surface area contributed by atoms with Gasteiger partial charge in [-0.3, -0.25) is 0 Å². The summed E-state index contributed by atoms with van der Waals surface area (Å²) in [5.74, 6) is 0. The van der Waals surface area contributed by atoms with Gasteiger partial charge in [-0.25, -0.2) is 0 Å². The summed E-state index contributed by atoms with van der Waals surface area (Å²) in [5.41, 5.74) is 10.8. The van der Waals surface area contributed by atoms with Crippen molar-refractivity contribution in [2.75, 3.05) is 4.90 Å². The van der Waals surface area contributed by atoms with Crippen LogP contribution in [-0.4, -0.2) is 0 Å². The molecule has 0 unspecified atom stereocenters. The SMILES string of the molecule is [2H]c1c([2H])c(N(c2ccc(-c3ccc4ccccc4c3)cc2)c2ccccc2-c2ccccc2-c2ccccc2-c2ccccc2)c([2H])c([2H])c1-c1ccc2ccccc2c1. The van der Waals surface area contributed by atoms with Crippen molar-refractivity contribution in [1.29, 1.82) is 0 Å². The lowest BCUT2D eigenvalue weighted by Gasteiger charge is -2.29. The maximum atomic E-state index is 9.71. The van der Waals surface area contributed by atoms with E-state index in [2.05, 4.69) is 115 Å². The van der Waals surface area contributed by atoms with E-state index < -0.39 is 0 Å². The molecule has 0 aliphatic carbocycles. The number of hydrogen-bond acceptors (Lipinski definition) is 1. The predicted octanol–water partition coefficient (Wildman–Crippen LogP) is 15.8. The highest BCUT2D eigenvalue weighted by atomic mass is 15.1. The van der Waals surface area contributed by atoms with E-state index in [1.54, 1.807) is 0 Å². The minimum absolute atomic E-state index is 0.0984. The first-order valence-corrected chi connectivity index (χ1v) is 19.3. The van der Waals surface area contributed by atoms with Gasteiger partial charge in [0.15, 0.2) is 0 Å². The van der Waals surface area contributed by atoms with Crippen LogP contribution in [0.4, 0.5) is 17.1 Å². The molecular formula is C56H39N. The van der Waals surface area contributed by atoms with Crippen LogP contribution in [-0.2, 0) is 0 Å². The molecule has 0 aliphatic rings. The standard InChI is InChI=1S/C56H39N/c1-2-16-44(17-3-1)51-20-8-9-21-52(51)53-22-10-11-23-54(53)55-24-12-13-25-56(55)57(49-34-30-42(31-35-49)47-28-26-40-14-4-6-18-45(40)38-47)50-36-32-43(33-37-50)48-29-27-41-15-5-7-19-46(41)39-48/h1-39H/i30D,31D,34D,35D. The molecule has 10 aromatic rings. The van der Waals surface area contributed by atoms with Crippen molar-refractivity contribution in [3.63, 3.8) is 0 Å². The number of para-hydroxylation sites is 1. The van der Waals surface area contributed by atoms with Crippen LogP contribution in [0.25, 0.3) is 77.2 Å². The maximum Gasteiger partial charge on any atom is 0.0645 e. The average Bonchev–Trinajstić information content (AvgIpc) is 3.32. The summed E-state index contributed by atoms with van der Waals surface area (Å²) in [5, 5.41) is 4.34. The molecule has 0 aromatic heterocycles. The van der Waals surface area contributed by atoms with E-state index in [0.29, 0.717) is 11.3 Å². The van der Waals surface area contributed by atoms with Gasteiger partial charge in [0.05, 0.1) is 11.2 Å². The van der Waals surface area contributed by atoms with Gasteiger partial charge in [-0.1, -0.05) is 194 Å². The lowest BCUT2D eigenvalue weighted by atomic mass is 9.88. The first-order valence-electron chi connectivity index (χ1n) is 21.3. The Morgan fingerprint density at radius 3 is 1.32 bits per heavy atom. The number of fused-ring (bicyclic) bond motifs is 2. The Kier molecular flexibility index (Phi) is 7.84. The van der Waals surface area contributed by atoms with Crippen molar-refractivity contribution in [2.24, 2.45) is 0 Å². The summed E-state index contributed by atoms with van der Waals surface area (Å²) in [6.07, 6.45) is 0. The van der Waals surface area contributed by atoms with Gasteiger partial charge in [0, 0.05) is 16.9 Å². The van der Waals surface area contributed by atoms with Crippen LogP contribution < -0.4 is 4.90 Å². The molecule has 0 bridgehead atoms. The van der Waals surface area contributed by atoms with E-state index in [1.165, 1.54) is 5.39 Å². The Balaban J connectivity index is 1.18. The Labute approximate surface area is 340 Å². The highest BCUT2D eigenvalue weighted by Crippen LogP contribution is 2.45. The highest BCUT2D eigenvalue weighted by molar-refractivity contribution is 5.97. The quantitative estimate of drug-likeness (QED) is 0.151. The summed E-state index contributed by atoms with van der Waals surface area (Å²) in [7, 11) is 0. The lowest BCUT2D eigenvalue weighted by Crippen LogP contribution is -2.11. The zero-order valence-corrected chi connectivity index (χ0v) is 31.2. The first-order chi connectivity index (χ1) is 29.9. The molecule has 0 amide bonds. The third-order valence-electron chi connectivity index (χ3n) is 10.7. The second kappa shape index (κ2) is 15.0. The summed E-state index contributed by atoms with van der Waals surface area (Å²) in [6, 6.07) is 71.5. The van der Waals surface area contributed by atoms with E-state index in [0.717, 1.165) is 66.4 Å². The van der Waals surface area contributed by atoms with Crippen LogP contribution in [0.3, 0.4) is 0 Å². The van der Waals surface area contributed by atoms with Gasteiger partial charge < -0.3 is 4.90 Å². The molecule has 0 atom stereocenters. The summed E-state index contributed by atoms with van der Waals surface area (Å²) < 4.78 is 38.4. The summed E-state index contributed by atoms with van der Waals surface area (Å²) in [4.78, 5) is 1.91. The number of anilines is 3. The van der Waals surface area contributed by atoms with Crippen molar-refractivity contribution < 1.29 is 5.48 Å². The highest BCUT2D eigenvalue weighted by Gasteiger charge is 2.20. The molecular weight excluding hydrogens is 687 g/mol. The molecule has 10 rings (SSSR count). The van der Waals surface area contributed by atoms with Crippen LogP contribution >= 0.6 is 0 Å². The monoisotopic (exact) mass is 729 g/mol. The van der Waals surface area contributed by atoms with Crippen molar-refractivity contribution in [3.05, 3.63) is 236 Å². The maximum absolute atomic E-state index is 9.71. The second-order valence-corrected chi connectivity index (χ2v) is 14.2. The van der Waals surface area contributed by atoms with Gasteiger partial charge in [-0.2, -0.15) is 0 Å². The van der Waals surface area contributed by atoms with Crippen LogP contribution in [0.2, 0.25) is 0 Å². The smallest absolute Gasteiger partial charge is 0.0645 e. The minimum atomic E-state index is -0.125. The van der Waals surface area contributed by atoms with Crippen LogP contribution in [0.5, 0.6) is 0 Å². The third-order valence-corrected chi connectivity index (χ3v) is 10.7. The van der Waals surface area contributed by atoms with E-state index in [1.807, 2.05) is 102 Å². The van der Waals surface area contributed by atoms with Crippen molar-refractivity contribution >= 4 is 38.6 Å². The van der Waals surface area contributed by atoms with Gasteiger partial charge in [-0.05, 0) is 114 Å². The topological polar surface area (TPSA) is 3.24 Å². The number of rotatable bonds is 8. The average molecular weight is 730 g/mol. The fraction of sp³-hybridized carbons (Fsp3) is 0. The van der Waals surface area contributed by atoms with Crippen LogP contribution in [0.15, 0.2) is 236 Å². The summed E-state index contributed by atoms with van der Waals surface area (Å²) >= 11 is 0. The van der Waals surface area contributed by atoms with Gasteiger partial charge in [0.2, 0.25) is 0 Å². The number of benzene rings is 10. The molecule has 10 aromatic carbocycles. The lowest BCUT2D eigenvalue weighted by molar-refractivity contribution is 1.28. The fourth-order valence-electron chi connectivity index (χ4n) is 7.90. The van der Waals surface area contributed by atoms with Crippen molar-refractivity contribution in [1.82, 2.24) is 0 Å². The molecule has 0 spiro atoms. The second-order valence-electron chi connectivity index (χ2n) is 14.2. The molecule has 0 radical (unpaired) electrons. The third kappa shape index (κ3) is 6.66. The van der Waals surface area contributed by atoms with Gasteiger partial charge in [-0.15, -0.1) is 0 Å². The van der Waals surface area contributed by atoms with E-state index in [4.69, 9.17) is 0 Å². The molecule has 0 saturated heterocycles. The zero-order chi connectivity index (χ0) is 41.5. The molecule has 0 saturated carbocycles. The normalized spacial score (nSPS) is 12.1. The Morgan fingerprint density at radius 2 is 0.702 bits per heavy atom. The molecule has 1 nitrogen and oxygen atoms in total. The van der Waals surface area contributed by atoms with Crippen molar-refractivity contribution in [2.45, 2.75) is 0 Å². The van der Waals surface area contributed by atoms with Gasteiger partial charge in [0.25, 0.3) is 0 Å². The van der Waals surface area contributed by atoms with E-state index in [-0.39, 0.29) is 35.4 Å². The molecule has 0 N–H and O–H groups in total. The Bertz CT molecular complexity index is 3220. The zero-order valence-electron chi connectivity index (χ0n) is 35.2. The van der Waals surface area contributed by atoms with Crippen LogP contribution in [0.1, 0.15) is 5.48 Å². The molecule has 0 fully saturated rings. The van der Waals surface area contributed by atoms with Gasteiger partial charge >= 0.3 is 0 Å². The Morgan fingerprint density at radius 1 is 0.263 bits per heavy atom. The van der Waals surface area contributed by atoms with Crippen molar-refractivity contribution in [3.8, 4) is 55.6 Å². The Hall–Kier alpha value is -7.48. The minimum Gasteiger partial charge on any atom is -0.310 e. The molecule has 0 aliphatic heterocycles. The fourth-order valence-corrected chi connectivity index (χ4v) is 7.90. The molecule has 57 heavy (non-hydrogen) atoms. The van der Waals surface area contributed by atoms with Gasteiger partial charge in [0.1, 0.15) is 0 Å². The predicted molar refractivity (Wildman–Crippen MR) is 243 cm³/mol. The number of nitrogens with zero attached hydrogens (tertiary/aromatic N) is 1. The molecule has 0 heterocycles. The molecule has 268 valence electrons. The largest absolute Gasteiger partial charge is 0.310 e. The van der Waals surface area contributed by atoms with Crippen LogP contribution in [0, 0.1) is 0 Å². The summed E-state index contributed by atoms with van der Waals surface area (Å²) in [6.45, 7) is 0. The van der Waals surface area contributed by atoms with E-state index in [9.17, 15) is 5.48 Å². The first kappa shape index (κ1) is 29.8. The number of hydrogen-bond donors (Lipinski definition) is 0. The van der Waals surface area contributed by atoms with E-state index >= 15 is 0 Å². The molecule has 1 heteroatoms.